The Bertz CT molecular complexity index is 634. The fraction of sp³-hybridized carbons (Fsp3) is 0.412. The SMILES string of the molecule is Cc1cc(C)cc(NC(N)=NCCCc2c(C)noc2C)c1. The molecule has 22 heavy (non-hydrogen) atoms. The minimum Gasteiger partial charge on any atom is -0.370 e. The summed E-state index contributed by atoms with van der Waals surface area (Å²) in [4.78, 5) is 4.37. The molecule has 0 amide bonds. The summed E-state index contributed by atoms with van der Waals surface area (Å²) in [6.45, 7) is 8.71. The summed E-state index contributed by atoms with van der Waals surface area (Å²) < 4.78 is 5.15. The number of aromatic nitrogens is 1. The van der Waals surface area contributed by atoms with Crippen molar-refractivity contribution in [1.82, 2.24) is 5.16 Å². The smallest absolute Gasteiger partial charge is 0.193 e. The van der Waals surface area contributed by atoms with E-state index >= 15 is 0 Å². The highest BCUT2D eigenvalue weighted by atomic mass is 16.5. The average Bonchev–Trinajstić information content (AvgIpc) is 2.73. The number of hydrogen-bond acceptors (Lipinski definition) is 3. The van der Waals surface area contributed by atoms with Gasteiger partial charge in [-0.1, -0.05) is 11.2 Å². The van der Waals surface area contributed by atoms with Crippen LogP contribution in [0.1, 0.15) is 34.6 Å². The molecule has 3 N–H and O–H groups in total. The molecular weight excluding hydrogens is 276 g/mol. The Kier molecular flexibility index (Phi) is 5.20. The van der Waals surface area contributed by atoms with Gasteiger partial charge in [0.25, 0.3) is 0 Å². The number of nitrogens with zero attached hydrogens (tertiary/aromatic N) is 2. The van der Waals surface area contributed by atoms with E-state index in [0.717, 1.165) is 30.0 Å². The largest absolute Gasteiger partial charge is 0.370 e. The Morgan fingerprint density at radius 2 is 1.86 bits per heavy atom. The van der Waals surface area contributed by atoms with Crippen molar-refractivity contribution in [2.24, 2.45) is 10.7 Å². The quantitative estimate of drug-likeness (QED) is 0.505. The summed E-state index contributed by atoms with van der Waals surface area (Å²) in [5.74, 6) is 1.34. The van der Waals surface area contributed by atoms with Gasteiger partial charge in [0.1, 0.15) is 5.76 Å². The van der Waals surface area contributed by atoms with Gasteiger partial charge in [0, 0.05) is 17.8 Å². The van der Waals surface area contributed by atoms with Gasteiger partial charge in [-0.05, 0) is 63.8 Å². The number of aryl methyl sites for hydroxylation is 4. The van der Waals surface area contributed by atoms with Crippen molar-refractivity contribution in [1.29, 1.82) is 0 Å². The van der Waals surface area contributed by atoms with Gasteiger partial charge in [0.05, 0.1) is 5.69 Å². The van der Waals surface area contributed by atoms with Gasteiger partial charge in [-0.3, -0.25) is 4.99 Å². The van der Waals surface area contributed by atoms with Crippen molar-refractivity contribution < 1.29 is 4.52 Å². The Hall–Kier alpha value is -2.30. The lowest BCUT2D eigenvalue weighted by atomic mass is 10.1. The maximum absolute atomic E-state index is 5.93. The zero-order chi connectivity index (χ0) is 16.1. The Labute approximate surface area is 131 Å². The van der Waals surface area contributed by atoms with Crippen molar-refractivity contribution in [2.75, 3.05) is 11.9 Å². The summed E-state index contributed by atoms with van der Waals surface area (Å²) in [6, 6.07) is 6.24. The maximum atomic E-state index is 5.93. The van der Waals surface area contributed by atoms with E-state index in [4.69, 9.17) is 10.3 Å². The van der Waals surface area contributed by atoms with Gasteiger partial charge in [0.15, 0.2) is 5.96 Å². The van der Waals surface area contributed by atoms with Crippen LogP contribution in [0.2, 0.25) is 0 Å². The van der Waals surface area contributed by atoms with Crippen molar-refractivity contribution in [3.8, 4) is 0 Å². The van der Waals surface area contributed by atoms with E-state index in [0.29, 0.717) is 12.5 Å². The number of nitrogens with one attached hydrogen (secondary N) is 1. The number of rotatable bonds is 5. The molecule has 5 heteroatoms. The number of aliphatic imine (C=N–C) groups is 1. The third-order valence-electron chi connectivity index (χ3n) is 3.54. The number of anilines is 1. The second-order valence-electron chi connectivity index (χ2n) is 5.67. The third kappa shape index (κ3) is 4.35. The first-order valence-electron chi connectivity index (χ1n) is 7.52. The lowest BCUT2D eigenvalue weighted by Gasteiger charge is -2.08. The van der Waals surface area contributed by atoms with Crippen molar-refractivity contribution in [3.05, 3.63) is 46.3 Å². The Morgan fingerprint density at radius 1 is 1.18 bits per heavy atom. The van der Waals surface area contributed by atoms with Crippen molar-refractivity contribution >= 4 is 11.6 Å². The van der Waals surface area contributed by atoms with Gasteiger partial charge in [-0.2, -0.15) is 0 Å². The van der Waals surface area contributed by atoms with Crippen LogP contribution in [0.15, 0.2) is 27.7 Å². The first kappa shape index (κ1) is 16.1. The minimum absolute atomic E-state index is 0.448. The highest BCUT2D eigenvalue weighted by molar-refractivity contribution is 5.92. The van der Waals surface area contributed by atoms with Gasteiger partial charge in [0.2, 0.25) is 0 Å². The van der Waals surface area contributed by atoms with Crippen LogP contribution in [0.3, 0.4) is 0 Å². The molecule has 0 aliphatic carbocycles. The minimum atomic E-state index is 0.448. The number of guanidine groups is 1. The molecule has 0 radical (unpaired) electrons. The Balaban J connectivity index is 1.85. The van der Waals surface area contributed by atoms with E-state index in [2.05, 4.69) is 47.5 Å². The number of nitrogens with two attached hydrogens (primary N) is 1. The topological polar surface area (TPSA) is 76.4 Å². The van der Waals surface area contributed by atoms with E-state index in [1.165, 1.54) is 16.7 Å². The number of benzene rings is 1. The molecule has 0 aliphatic rings. The van der Waals surface area contributed by atoms with Crippen molar-refractivity contribution in [2.45, 2.75) is 40.5 Å². The predicted octanol–water partition coefficient (Wildman–Crippen LogP) is 3.27. The first-order valence-corrected chi connectivity index (χ1v) is 7.52. The van der Waals surface area contributed by atoms with Crippen LogP contribution in [-0.2, 0) is 6.42 Å². The van der Waals surface area contributed by atoms with E-state index in [9.17, 15) is 0 Å². The molecule has 0 unspecified atom stereocenters. The highest BCUT2D eigenvalue weighted by Crippen LogP contribution is 2.15. The normalized spacial score (nSPS) is 11.7. The van der Waals surface area contributed by atoms with Gasteiger partial charge < -0.3 is 15.6 Å². The summed E-state index contributed by atoms with van der Waals surface area (Å²) in [5, 5.41) is 7.09. The molecule has 0 atom stereocenters. The first-order chi connectivity index (χ1) is 10.5. The van der Waals surface area contributed by atoms with Crippen LogP contribution in [0.25, 0.3) is 0 Å². The third-order valence-corrected chi connectivity index (χ3v) is 3.54. The van der Waals surface area contributed by atoms with Crippen LogP contribution in [0, 0.1) is 27.7 Å². The van der Waals surface area contributed by atoms with Crippen LogP contribution in [0.4, 0.5) is 5.69 Å². The maximum Gasteiger partial charge on any atom is 0.193 e. The molecule has 1 heterocycles. The van der Waals surface area contributed by atoms with Crippen LogP contribution < -0.4 is 11.1 Å². The molecule has 2 rings (SSSR count). The molecule has 0 saturated heterocycles. The zero-order valence-electron chi connectivity index (χ0n) is 13.7. The lowest BCUT2D eigenvalue weighted by molar-refractivity contribution is 0.392. The summed E-state index contributed by atoms with van der Waals surface area (Å²) in [6.07, 6.45) is 1.82. The Morgan fingerprint density at radius 3 is 2.45 bits per heavy atom. The van der Waals surface area contributed by atoms with Crippen LogP contribution in [0.5, 0.6) is 0 Å². The summed E-state index contributed by atoms with van der Waals surface area (Å²) >= 11 is 0. The molecule has 0 saturated carbocycles. The molecular formula is C17H24N4O. The molecule has 0 fully saturated rings. The molecule has 5 nitrogen and oxygen atoms in total. The second kappa shape index (κ2) is 7.11. The average molecular weight is 300 g/mol. The standard InChI is InChI=1S/C17H24N4O/c1-11-8-12(2)10-15(9-11)20-17(18)19-7-5-6-16-13(3)21-22-14(16)4/h8-10H,5-7H2,1-4H3,(H3,18,19,20). The fourth-order valence-corrected chi connectivity index (χ4v) is 2.55. The highest BCUT2D eigenvalue weighted by Gasteiger charge is 2.07. The van der Waals surface area contributed by atoms with Gasteiger partial charge in [-0.25, -0.2) is 0 Å². The number of hydrogen-bond donors (Lipinski definition) is 2. The van der Waals surface area contributed by atoms with E-state index in [-0.39, 0.29) is 0 Å². The zero-order valence-corrected chi connectivity index (χ0v) is 13.7. The predicted molar refractivity (Wildman–Crippen MR) is 90.3 cm³/mol. The monoisotopic (exact) mass is 300 g/mol. The molecule has 1 aromatic carbocycles. The van der Waals surface area contributed by atoms with E-state index in [1.807, 2.05) is 13.8 Å². The van der Waals surface area contributed by atoms with E-state index in [1.54, 1.807) is 0 Å². The van der Waals surface area contributed by atoms with Crippen LogP contribution >= 0.6 is 0 Å². The van der Waals surface area contributed by atoms with Crippen LogP contribution in [-0.4, -0.2) is 17.7 Å². The molecule has 2 aromatic rings. The fourth-order valence-electron chi connectivity index (χ4n) is 2.55. The van der Waals surface area contributed by atoms with Gasteiger partial charge >= 0.3 is 0 Å². The summed E-state index contributed by atoms with van der Waals surface area (Å²) in [7, 11) is 0. The van der Waals surface area contributed by atoms with Crippen molar-refractivity contribution in [3.63, 3.8) is 0 Å². The lowest BCUT2D eigenvalue weighted by Crippen LogP contribution is -2.23. The molecule has 0 bridgehead atoms. The molecule has 1 aromatic heterocycles. The van der Waals surface area contributed by atoms with E-state index < -0.39 is 0 Å². The van der Waals surface area contributed by atoms with Gasteiger partial charge in [-0.15, -0.1) is 0 Å². The molecule has 0 aliphatic heterocycles. The molecule has 118 valence electrons. The molecule has 0 spiro atoms. The summed E-state index contributed by atoms with van der Waals surface area (Å²) in [5.41, 5.74) is 11.5. The second-order valence-corrected chi connectivity index (χ2v) is 5.67.